The highest BCUT2D eigenvalue weighted by Gasteiger charge is 2.43. The zero-order chi connectivity index (χ0) is 17.3. The van der Waals surface area contributed by atoms with E-state index in [9.17, 15) is 5.11 Å². The summed E-state index contributed by atoms with van der Waals surface area (Å²) < 4.78 is 0. The number of phenolic OH excluding ortho intramolecular Hbond substituents is 1. The SMILES string of the molecule is Oc1cccc([C@]23CCC[C@H](C2)N(CCc2cccc(Cl)c2)CC3)c1. The minimum atomic E-state index is 0.272. The topological polar surface area (TPSA) is 23.5 Å². The minimum absolute atomic E-state index is 0.272. The highest BCUT2D eigenvalue weighted by Crippen LogP contribution is 2.47. The van der Waals surface area contributed by atoms with E-state index < -0.39 is 0 Å². The van der Waals surface area contributed by atoms with Crippen molar-refractivity contribution in [1.82, 2.24) is 4.90 Å². The Bertz CT molecular complexity index is 746. The summed E-state index contributed by atoms with van der Waals surface area (Å²) in [4.78, 5) is 2.68. The molecule has 0 aromatic heterocycles. The van der Waals surface area contributed by atoms with Gasteiger partial charge in [-0.05, 0) is 79.5 Å². The Morgan fingerprint density at radius 2 is 2.00 bits per heavy atom. The first-order valence-corrected chi connectivity index (χ1v) is 9.80. The number of hydrogen-bond acceptors (Lipinski definition) is 2. The molecule has 2 aliphatic rings. The molecule has 2 bridgehead atoms. The number of aromatic hydroxyl groups is 1. The molecule has 4 rings (SSSR count). The van der Waals surface area contributed by atoms with E-state index in [0.717, 1.165) is 24.5 Å². The molecule has 132 valence electrons. The van der Waals surface area contributed by atoms with E-state index in [1.54, 1.807) is 6.07 Å². The minimum Gasteiger partial charge on any atom is -0.508 e. The van der Waals surface area contributed by atoms with Crippen LogP contribution in [0.1, 0.15) is 43.2 Å². The smallest absolute Gasteiger partial charge is 0.115 e. The molecule has 1 aliphatic heterocycles. The van der Waals surface area contributed by atoms with Gasteiger partial charge in [0, 0.05) is 17.6 Å². The monoisotopic (exact) mass is 355 g/mol. The third kappa shape index (κ3) is 3.56. The molecular formula is C22H26ClNO. The molecule has 2 aromatic rings. The molecular weight excluding hydrogens is 330 g/mol. The number of piperidine rings is 1. The highest BCUT2D eigenvalue weighted by atomic mass is 35.5. The normalized spacial score (nSPS) is 26.5. The first-order chi connectivity index (χ1) is 12.1. The number of phenols is 1. The van der Waals surface area contributed by atoms with Crippen LogP contribution in [0.3, 0.4) is 0 Å². The first kappa shape index (κ1) is 16.9. The summed E-state index contributed by atoms with van der Waals surface area (Å²) in [7, 11) is 0. The van der Waals surface area contributed by atoms with Gasteiger partial charge in [0.25, 0.3) is 0 Å². The lowest BCUT2D eigenvalue weighted by molar-refractivity contribution is 0.0524. The Balaban J connectivity index is 1.45. The number of hydrogen-bond donors (Lipinski definition) is 1. The van der Waals surface area contributed by atoms with E-state index in [4.69, 9.17) is 11.6 Å². The van der Waals surface area contributed by atoms with Gasteiger partial charge in [0.05, 0.1) is 0 Å². The second-order valence-electron chi connectivity index (χ2n) is 7.75. The van der Waals surface area contributed by atoms with Gasteiger partial charge < -0.3 is 5.11 Å². The lowest BCUT2D eigenvalue weighted by Crippen LogP contribution is -2.52. The van der Waals surface area contributed by atoms with Crippen LogP contribution in [0.4, 0.5) is 0 Å². The van der Waals surface area contributed by atoms with Crippen LogP contribution in [0.15, 0.2) is 48.5 Å². The molecule has 3 heteroatoms. The van der Waals surface area contributed by atoms with Gasteiger partial charge in [-0.25, -0.2) is 0 Å². The van der Waals surface area contributed by atoms with Crippen LogP contribution >= 0.6 is 11.6 Å². The maximum Gasteiger partial charge on any atom is 0.115 e. The van der Waals surface area contributed by atoms with Crippen LogP contribution in [0.5, 0.6) is 5.75 Å². The van der Waals surface area contributed by atoms with Crippen LogP contribution in [-0.4, -0.2) is 29.1 Å². The second-order valence-corrected chi connectivity index (χ2v) is 8.18. The van der Waals surface area contributed by atoms with Crippen molar-refractivity contribution in [3.63, 3.8) is 0 Å². The molecule has 1 aliphatic carbocycles. The molecule has 1 heterocycles. The van der Waals surface area contributed by atoms with E-state index >= 15 is 0 Å². The van der Waals surface area contributed by atoms with Crippen molar-refractivity contribution < 1.29 is 5.11 Å². The zero-order valence-corrected chi connectivity index (χ0v) is 15.4. The summed E-state index contributed by atoms with van der Waals surface area (Å²) >= 11 is 6.12. The lowest BCUT2D eigenvalue weighted by Gasteiger charge is -2.51. The van der Waals surface area contributed by atoms with Crippen molar-refractivity contribution in [2.75, 3.05) is 13.1 Å². The quantitative estimate of drug-likeness (QED) is 0.817. The Morgan fingerprint density at radius 3 is 2.84 bits per heavy atom. The van der Waals surface area contributed by atoms with Crippen molar-refractivity contribution in [1.29, 1.82) is 0 Å². The first-order valence-electron chi connectivity index (χ1n) is 9.43. The third-order valence-electron chi connectivity index (χ3n) is 6.25. The summed E-state index contributed by atoms with van der Waals surface area (Å²) in [6, 6.07) is 16.9. The molecule has 1 saturated carbocycles. The molecule has 25 heavy (non-hydrogen) atoms. The fraction of sp³-hybridized carbons (Fsp3) is 0.455. The number of rotatable bonds is 4. The summed E-state index contributed by atoms with van der Waals surface area (Å²) in [6.45, 7) is 2.27. The fourth-order valence-electron chi connectivity index (χ4n) is 4.91. The molecule has 2 atom stereocenters. The number of benzene rings is 2. The van der Waals surface area contributed by atoms with Crippen molar-refractivity contribution in [2.45, 2.75) is 50.0 Å². The Kier molecular flexibility index (Phi) is 4.75. The van der Waals surface area contributed by atoms with Crippen LogP contribution < -0.4 is 0 Å². The van der Waals surface area contributed by atoms with E-state index in [1.165, 1.54) is 43.2 Å². The van der Waals surface area contributed by atoms with Crippen molar-refractivity contribution >= 4 is 11.6 Å². The van der Waals surface area contributed by atoms with E-state index in [-0.39, 0.29) is 5.41 Å². The van der Waals surface area contributed by atoms with Crippen LogP contribution in [-0.2, 0) is 11.8 Å². The summed E-state index contributed by atoms with van der Waals surface area (Å²) in [6.07, 6.45) is 7.34. The van der Waals surface area contributed by atoms with Crippen LogP contribution in [0, 0.1) is 0 Å². The van der Waals surface area contributed by atoms with E-state index in [2.05, 4.69) is 23.1 Å². The molecule has 0 amide bonds. The fourth-order valence-corrected chi connectivity index (χ4v) is 5.12. The summed E-state index contributed by atoms with van der Waals surface area (Å²) in [5, 5.41) is 10.7. The third-order valence-corrected chi connectivity index (χ3v) is 6.48. The van der Waals surface area contributed by atoms with Gasteiger partial charge in [-0.1, -0.05) is 42.3 Å². The van der Waals surface area contributed by atoms with E-state index in [0.29, 0.717) is 11.8 Å². The number of nitrogens with zero attached hydrogens (tertiary/aromatic N) is 1. The average Bonchev–Trinajstić information content (AvgIpc) is 2.61. The number of likely N-dealkylation sites (tertiary alicyclic amines) is 1. The second kappa shape index (κ2) is 7.01. The maximum absolute atomic E-state index is 9.90. The van der Waals surface area contributed by atoms with Gasteiger partial charge in [0.1, 0.15) is 5.75 Å². The Hall–Kier alpha value is -1.51. The molecule has 2 aromatic carbocycles. The molecule has 1 N–H and O–H groups in total. The maximum atomic E-state index is 9.90. The molecule has 0 radical (unpaired) electrons. The molecule has 0 unspecified atom stereocenters. The largest absolute Gasteiger partial charge is 0.508 e. The van der Waals surface area contributed by atoms with E-state index in [1.807, 2.05) is 24.3 Å². The van der Waals surface area contributed by atoms with Crippen molar-refractivity contribution in [2.24, 2.45) is 0 Å². The molecule has 2 nitrogen and oxygen atoms in total. The van der Waals surface area contributed by atoms with Gasteiger partial charge in [0.2, 0.25) is 0 Å². The standard InChI is InChI=1S/C22H26ClNO/c23-19-6-1-4-17(14-19)9-12-24-13-11-22(10-3-7-20(24)16-22)18-5-2-8-21(25)15-18/h1-2,4-6,8,14-15,20,25H,3,7,9-13,16H2/t20-,22+/m1/s1. The van der Waals surface area contributed by atoms with Gasteiger partial charge in [-0.3, -0.25) is 4.90 Å². The van der Waals surface area contributed by atoms with Crippen LogP contribution in [0.2, 0.25) is 5.02 Å². The lowest BCUT2D eigenvalue weighted by atomic mass is 9.63. The number of halogens is 1. The molecule has 1 saturated heterocycles. The van der Waals surface area contributed by atoms with Gasteiger partial charge in [-0.15, -0.1) is 0 Å². The predicted octanol–water partition coefficient (Wildman–Crippen LogP) is 5.17. The predicted molar refractivity (Wildman–Crippen MR) is 103 cm³/mol. The highest BCUT2D eigenvalue weighted by molar-refractivity contribution is 6.30. The molecule has 2 fully saturated rings. The van der Waals surface area contributed by atoms with Crippen LogP contribution in [0.25, 0.3) is 0 Å². The average molecular weight is 356 g/mol. The summed E-state index contributed by atoms with van der Waals surface area (Å²) in [5.74, 6) is 0.400. The zero-order valence-electron chi connectivity index (χ0n) is 14.6. The molecule has 0 spiro atoms. The Morgan fingerprint density at radius 1 is 1.12 bits per heavy atom. The van der Waals surface area contributed by atoms with Gasteiger partial charge in [-0.2, -0.15) is 0 Å². The number of fused-ring (bicyclic) bond motifs is 2. The van der Waals surface area contributed by atoms with Gasteiger partial charge >= 0.3 is 0 Å². The van der Waals surface area contributed by atoms with Crippen molar-refractivity contribution in [3.05, 3.63) is 64.7 Å². The summed E-state index contributed by atoms with van der Waals surface area (Å²) in [5.41, 5.74) is 2.94. The van der Waals surface area contributed by atoms with Crippen molar-refractivity contribution in [3.8, 4) is 5.75 Å². The Labute approximate surface area is 155 Å². The van der Waals surface area contributed by atoms with Gasteiger partial charge in [0.15, 0.2) is 0 Å².